The number of aryl methyl sites for hydroxylation is 1. The van der Waals surface area contributed by atoms with Crippen molar-refractivity contribution < 1.29 is 9.32 Å². The van der Waals surface area contributed by atoms with Crippen LogP contribution in [0.4, 0.5) is 11.5 Å². The smallest absolute Gasteiger partial charge is 0.226 e. The van der Waals surface area contributed by atoms with Gasteiger partial charge in [0.25, 0.3) is 0 Å². The molecule has 1 aliphatic rings. The minimum atomic E-state index is -0.0429. The summed E-state index contributed by atoms with van der Waals surface area (Å²) in [4.78, 5) is 23.6. The predicted molar refractivity (Wildman–Crippen MR) is 117 cm³/mol. The first-order chi connectivity index (χ1) is 14.7. The van der Waals surface area contributed by atoms with Crippen LogP contribution in [0.2, 0.25) is 5.02 Å². The molecule has 156 valence electrons. The third-order valence-corrected chi connectivity index (χ3v) is 5.33. The molecule has 0 saturated carbocycles. The first-order valence-corrected chi connectivity index (χ1v) is 10.7. The van der Waals surface area contributed by atoms with Crippen LogP contribution in [-0.4, -0.2) is 34.1 Å². The highest BCUT2D eigenvalue weighted by Crippen LogP contribution is 2.26. The van der Waals surface area contributed by atoms with Crippen LogP contribution in [0.5, 0.6) is 0 Å². The van der Waals surface area contributed by atoms with Gasteiger partial charge in [0.1, 0.15) is 0 Å². The molecule has 2 aromatic heterocycles. The fraction of sp³-hybridized carbons (Fsp3) is 0.364. The average molecular weight is 426 g/mol. The van der Waals surface area contributed by atoms with Gasteiger partial charge in [0.15, 0.2) is 5.82 Å². The van der Waals surface area contributed by atoms with Gasteiger partial charge < -0.3 is 14.7 Å². The normalized spacial score (nSPS) is 14.0. The van der Waals surface area contributed by atoms with E-state index in [9.17, 15) is 4.79 Å². The molecule has 1 N–H and O–H groups in total. The molecule has 8 heteroatoms. The van der Waals surface area contributed by atoms with E-state index in [1.54, 1.807) is 18.3 Å². The number of piperidine rings is 1. The molecule has 0 spiro atoms. The summed E-state index contributed by atoms with van der Waals surface area (Å²) in [6.07, 6.45) is 6.87. The number of halogens is 1. The number of pyridine rings is 1. The molecule has 3 heterocycles. The average Bonchev–Trinajstić information content (AvgIpc) is 3.24. The minimum Gasteiger partial charge on any atom is -0.355 e. The van der Waals surface area contributed by atoms with Gasteiger partial charge in [0, 0.05) is 42.7 Å². The van der Waals surface area contributed by atoms with Gasteiger partial charge in [-0.2, -0.15) is 4.98 Å². The number of hydrogen-bond donors (Lipinski definition) is 1. The SMILES string of the molecule is O=C(CCCc1nc(-c2ccc(Cl)cc2)no1)Nc1cccnc1N1CCCCC1. The molecule has 1 saturated heterocycles. The second kappa shape index (κ2) is 9.71. The van der Waals surface area contributed by atoms with Crippen molar-refractivity contribution in [2.24, 2.45) is 0 Å². The highest BCUT2D eigenvalue weighted by molar-refractivity contribution is 6.30. The van der Waals surface area contributed by atoms with Crippen molar-refractivity contribution in [3.8, 4) is 11.4 Å². The maximum atomic E-state index is 12.5. The standard InChI is InChI=1S/C22H24ClN5O2/c23-17-11-9-16(10-12-17)21-26-20(30-27-21)8-4-7-19(29)25-18-6-5-13-24-22(18)28-14-2-1-3-15-28/h5-6,9-13H,1-4,7-8,14-15H2,(H,25,29). The molecule has 4 rings (SSSR count). The fourth-order valence-electron chi connectivity index (χ4n) is 3.54. The topological polar surface area (TPSA) is 84.1 Å². The Hall–Kier alpha value is -2.93. The van der Waals surface area contributed by atoms with Crippen molar-refractivity contribution in [2.75, 3.05) is 23.3 Å². The number of anilines is 2. The molecular weight excluding hydrogens is 402 g/mol. The summed E-state index contributed by atoms with van der Waals surface area (Å²) in [5.41, 5.74) is 1.61. The van der Waals surface area contributed by atoms with Crippen LogP contribution in [0.15, 0.2) is 47.1 Å². The maximum absolute atomic E-state index is 12.5. The van der Waals surface area contributed by atoms with E-state index in [2.05, 4.69) is 25.3 Å². The summed E-state index contributed by atoms with van der Waals surface area (Å²) >= 11 is 5.91. The van der Waals surface area contributed by atoms with E-state index in [0.29, 0.717) is 36.0 Å². The number of nitrogens with zero attached hydrogens (tertiary/aromatic N) is 4. The Bertz CT molecular complexity index is 983. The number of amides is 1. The van der Waals surface area contributed by atoms with Crippen molar-refractivity contribution in [1.82, 2.24) is 15.1 Å². The van der Waals surface area contributed by atoms with Gasteiger partial charge in [0.05, 0.1) is 5.69 Å². The Morgan fingerprint density at radius 2 is 1.93 bits per heavy atom. The lowest BCUT2D eigenvalue weighted by molar-refractivity contribution is -0.116. The summed E-state index contributed by atoms with van der Waals surface area (Å²) in [6, 6.07) is 11.0. The maximum Gasteiger partial charge on any atom is 0.226 e. The van der Waals surface area contributed by atoms with E-state index in [-0.39, 0.29) is 5.91 Å². The van der Waals surface area contributed by atoms with Crippen molar-refractivity contribution >= 4 is 29.0 Å². The first kappa shape index (κ1) is 20.3. The third kappa shape index (κ3) is 5.16. The molecule has 0 unspecified atom stereocenters. The highest BCUT2D eigenvalue weighted by Gasteiger charge is 2.17. The molecule has 0 atom stereocenters. The minimum absolute atomic E-state index is 0.0429. The van der Waals surface area contributed by atoms with E-state index < -0.39 is 0 Å². The van der Waals surface area contributed by atoms with E-state index in [1.165, 1.54) is 6.42 Å². The number of rotatable bonds is 7. The van der Waals surface area contributed by atoms with Crippen LogP contribution in [0, 0.1) is 0 Å². The lowest BCUT2D eigenvalue weighted by Gasteiger charge is -2.29. The van der Waals surface area contributed by atoms with E-state index in [4.69, 9.17) is 16.1 Å². The van der Waals surface area contributed by atoms with Crippen molar-refractivity contribution in [3.63, 3.8) is 0 Å². The Balaban J connectivity index is 1.29. The molecule has 7 nitrogen and oxygen atoms in total. The first-order valence-electron chi connectivity index (χ1n) is 10.3. The Morgan fingerprint density at radius 3 is 2.73 bits per heavy atom. The van der Waals surface area contributed by atoms with Gasteiger partial charge in [-0.1, -0.05) is 16.8 Å². The van der Waals surface area contributed by atoms with Crippen LogP contribution in [0.25, 0.3) is 11.4 Å². The molecule has 1 aromatic carbocycles. The number of hydrogen-bond acceptors (Lipinski definition) is 6. The molecular formula is C22H24ClN5O2. The fourth-order valence-corrected chi connectivity index (χ4v) is 3.66. The van der Waals surface area contributed by atoms with Crippen molar-refractivity contribution in [3.05, 3.63) is 53.5 Å². The van der Waals surface area contributed by atoms with Crippen LogP contribution in [0.1, 0.15) is 38.0 Å². The summed E-state index contributed by atoms with van der Waals surface area (Å²) in [5, 5.41) is 7.67. The van der Waals surface area contributed by atoms with Crippen molar-refractivity contribution in [2.45, 2.75) is 38.5 Å². The van der Waals surface area contributed by atoms with Gasteiger partial charge in [0.2, 0.25) is 17.6 Å². The van der Waals surface area contributed by atoms with Gasteiger partial charge in [-0.25, -0.2) is 4.98 Å². The van der Waals surface area contributed by atoms with Crippen LogP contribution >= 0.6 is 11.6 Å². The van der Waals surface area contributed by atoms with Crippen molar-refractivity contribution in [1.29, 1.82) is 0 Å². The summed E-state index contributed by atoms with van der Waals surface area (Å²) in [5.74, 6) is 1.85. The molecule has 0 aliphatic carbocycles. The van der Waals surface area contributed by atoms with E-state index >= 15 is 0 Å². The summed E-state index contributed by atoms with van der Waals surface area (Å²) < 4.78 is 5.31. The second-order valence-corrected chi connectivity index (χ2v) is 7.78. The number of aromatic nitrogens is 3. The van der Waals surface area contributed by atoms with Crippen LogP contribution in [0.3, 0.4) is 0 Å². The number of carbonyl (C=O) groups is 1. The number of benzene rings is 1. The predicted octanol–water partition coefficient (Wildman–Crippen LogP) is 4.74. The molecule has 0 radical (unpaired) electrons. The molecule has 3 aromatic rings. The number of nitrogens with one attached hydrogen (secondary N) is 1. The summed E-state index contributed by atoms with van der Waals surface area (Å²) in [6.45, 7) is 1.96. The quantitative estimate of drug-likeness (QED) is 0.588. The van der Waals surface area contributed by atoms with Crippen LogP contribution in [-0.2, 0) is 11.2 Å². The van der Waals surface area contributed by atoms with E-state index in [1.807, 2.05) is 24.3 Å². The zero-order valence-electron chi connectivity index (χ0n) is 16.7. The zero-order chi connectivity index (χ0) is 20.8. The van der Waals surface area contributed by atoms with Gasteiger partial charge in [-0.05, 0) is 62.1 Å². The third-order valence-electron chi connectivity index (χ3n) is 5.08. The second-order valence-electron chi connectivity index (χ2n) is 7.34. The van der Waals surface area contributed by atoms with Gasteiger partial charge >= 0.3 is 0 Å². The Morgan fingerprint density at radius 1 is 1.13 bits per heavy atom. The monoisotopic (exact) mass is 425 g/mol. The highest BCUT2D eigenvalue weighted by atomic mass is 35.5. The van der Waals surface area contributed by atoms with Gasteiger partial charge in [-0.15, -0.1) is 0 Å². The zero-order valence-corrected chi connectivity index (χ0v) is 17.4. The Labute approximate surface area is 180 Å². The Kier molecular flexibility index (Phi) is 6.59. The van der Waals surface area contributed by atoms with Gasteiger partial charge in [-0.3, -0.25) is 4.79 Å². The largest absolute Gasteiger partial charge is 0.355 e. The lowest BCUT2D eigenvalue weighted by Crippen LogP contribution is -2.31. The molecule has 1 fully saturated rings. The molecule has 1 aliphatic heterocycles. The molecule has 0 bridgehead atoms. The number of carbonyl (C=O) groups excluding carboxylic acids is 1. The molecule has 30 heavy (non-hydrogen) atoms. The van der Waals surface area contributed by atoms with E-state index in [0.717, 1.165) is 43.0 Å². The summed E-state index contributed by atoms with van der Waals surface area (Å²) in [7, 11) is 0. The van der Waals surface area contributed by atoms with Crippen LogP contribution < -0.4 is 10.2 Å². The molecule has 1 amide bonds. The lowest BCUT2D eigenvalue weighted by atomic mass is 10.1.